The van der Waals surface area contributed by atoms with E-state index in [9.17, 15) is 23.9 Å². The predicted octanol–water partition coefficient (Wildman–Crippen LogP) is 4.90. The average molecular weight is 472 g/mol. The number of aromatic nitrogens is 2. The smallest absolute Gasteiger partial charge is 0.352 e. The summed E-state index contributed by atoms with van der Waals surface area (Å²) in [6.45, 7) is 0. The van der Waals surface area contributed by atoms with E-state index in [1.54, 1.807) is 42.5 Å². The van der Waals surface area contributed by atoms with Crippen molar-refractivity contribution in [3.63, 3.8) is 0 Å². The zero-order valence-electron chi connectivity index (χ0n) is 18.6. The summed E-state index contributed by atoms with van der Waals surface area (Å²) in [6.07, 6.45) is 2.85. The molecule has 1 saturated carbocycles. The van der Waals surface area contributed by atoms with Crippen LogP contribution in [-0.4, -0.2) is 32.6 Å². The number of nitrogens with zero attached hydrogens (tertiary/aromatic N) is 1. The fraction of sp³-hybridized carbons (Fsp3) is 0.185. The van der Waals surface area contributed by atoms with Gasteiger partial charge in [0, 0.05) is 19.0 Å². The number of ether oxygens (including phenoxy) is 1. The molecule has 176 valence electrons. The number of hydrogen-bond acceptors (Lipinski definition) is 5. The van der Waals surface area contributed by atoms with E-state index in [0.717, 1.165) is 5.56 Å². The van der Waals surface area contributed by atoms with Crippen LogP contribution in [0.25, 0.3) is 11.0 Å². The van der Waals surface area contributed by atoms with Gasteiger partial charge in [0.25, 0.3) is 0 Å². The second kappa shape index (κ2) is 8.79. The predicted molar refractivity (Wildman–Crippen MR) is 125 cm³/mol. The van der Waals surface area contributed by atoms with E-state index < -0.39 is 11.4 Å². The minimum Gasteiger partial charge on any atom is -0.477 e. The Hall–Kier alpha value is -4.33. The van der Waals surface area contributed by atoms with Crippen molar-refractivity contribution in [1.29, 1.82) is 0 Å². The molecule has 0 unspecified atom stereocenters. The lowest BCUT2D eigenvalue weighted by Gasteiger charge is -2.13. The molecule has 8 heteroatoms. The Bertz CT molecular complexity index is 1440. The van der Waals surface area contributed by atoms with Crippen LogP contribution < -0.4 is 4.74 Å². The number of carboxylic acids is 1. The number of aromatic carboxylic acids is 1. The number of nitrogens with one attached hydrogen (secondary N) is 1. The number of carbonyl (C=O) groups excluding carboxylic acids is 2. The van der Waals surface area contributed by atoms with Gasteiger partial charge in [-0.3, -0.25) is 9.59 Å². The lowest BCUT2D eigenvalue weighted by atomic mass is 9.88. The van der Waals surface area contributed by atoms with Gasteiger partial charge in [-0.2, -0.15) is 0 Å². The standard InChI is InChI=1S/C27H21FN2O5/c28-18-5-1-16(2-6-18)13-23(31)27(10-11-27)24(32)14-17-3-7-19(8-4-17)35-22-9-12-29-25-20(22)15-21(30-25)26(33)34/h1-9,12,15H,10-11,13-14H2,(H,29,30)(H,33,34). The highest BCUT2D eigenvalue weighted by Gasteiger charge is 2.54. The minimum absolute atomic E-state index is 0.0143. The van der Waals surface area contributed by atoms with Crippen LogP contribution in [0, 0.1) is 11.2 Å². The van der Waals surface area contributed by atoms with Crippen LogP contribution in [0.5, 0.6) is 11.5 Å². The first-order valence-electron chi connectivity index (χ1n) is 11.1. The number of pyridine rings is 1. The average Bonchev–Trinajstić information content (AvgIpc) is 3.54. The van der Waals surface area contributed by atoms with E-state index in [1.165, 1.54) is 24.4 Å². The van der Waals surface area contributed by atoms with Crippen LogP contribution in [-0.2, 0) is 22.4 Å². The number of benzene rings is 2. The van der Waals surface area contributed by atoms with Crippen LogP contribution >= 0.6 is 0 Å². The van der Waals surface area contributed by atoms with Crippen LogP contribution in [0.1, 0.15) is 34.5 Å². The van der Waals surface area contributed by atoms with Gasteiger partial charge in [-0.25, -0.2) is 14.2 Å². The molecule has 7 nitrogen and oxygen atoms in total. The zero-order chi connectivity index (χ0) is 24.6. The first-order chi connectivity index (χ1) is 16.8. The Morgan fingerprint density at radius 1 is 0.943 bits per heavy atom. The van der Waals surface area contributed by atoms with Crippen molar-refractivity contribution in [2.75, 3.05) is 0 Å². The fourth-order valence-corrected chi connectivity index (χ4v) is 4.16. The maximum Gasteiger partial charge on any atom is 0.352 e. The number of Topliss-reactive ketones (excluding diaryl/α,β-unsaturated/α-hetero) is 2. The molecule has 2 aromatic heterocycles. The van der Waals surface area contributed by atoms with Crippen LogP contribution in [0.4, 0.5) is 4.39 Å². The molecule has 1 aliphatic rings. The van der Waals surface area contributed by atoms with Gasteiger partial charge in [0.15, 0.2) is 11.6 Å². The molecule has 0 spiro atoms. The number of ketones is 2. The lowest BCUT2D eigenvalue weighted by molar-refractivity contribution is -0.133. The number of rotatable bonds is 9. The van der Waals surface area contributed by atoms with E-state index in [0.29, 0.717) is 40.9 Å². The van der Waals surface area contributed by atoms with Crippen molar-refractivity contribution in [3.8, 4) is 11.5 Å². The van der Waals surface area contributed by atoms with E-state index in [4.69, 9.17) is 4.74 Å². The Morgan fingerprint density at radius 3 is 2.11 bits per heavy atom. The zero-order valence-corrected chi connectivity index (χ0v) is 18.6. The van der Waals surface area contributed by atoms with E-state index >= 15 is 0 Å². The minimum atomic E-state index is -1.09. The molecule has 0 saturated heterocycles. The molecule has 0 bridgehead atoms. The molecule has 5 rings (SSSR count). The monoisotopic (exact) mass is 472 g/mol. The molecule has 0 atom stereocenters. The summed E-state index contributed by atoms with van der Waals surface area (Å²) in [6, 6.07) is 15.8. The van der Waals surface area contributed by atoms with Gasteiger partial charge in [0.1, 0.15) is 28.7 Å². The largest absolute Gasteiger partial charge is 0.477 e. The SMILES string of the molecule is O=C(O)c1cc2c(Oc3ccc(CC(=O)C4(C(=O)Cc5ccc(F)cc5)CC4)cc3)ccnc2[nH]1. The Labute approximate surface area is 199 Å². The topological polar surface area (TPSA) is 109 Å². The number of carboxylic acid groups (broad SMARTS) is 1. The van der Waals surface area contributed by atoms with E-state index in [1.807, 2.05) is 0 Å². The quantitative estimate of drug-likeness (QED) is 0.336. The number of fused-ring (bicyclic) bond motifs is 1. The summed E-state index contributed by atoms with van der Waals surface area (Å²) in [5.41, 5.74) is 0.933. The third-order valence-electron chi connectivity index (χ3n) is 6.33. The van der Waals surface area contributed by atoms with E-state index in [2.05, 4.69) is 9.97 Å². The second-order valence-electron chi connectivity index (χ2n) is 8.71. The third-order valence-corrected chi connectivity index (χ3v) is 6.33. The second-order valence-corrected chi connectivity index (χ2v) is 8.71. The first-order valence-corrected chi connectivity index (χ1v) is 11.1. The number of hydrogen-bond donors (Lipinski definition) is 2. The van der Waals surface area contributed by atoms with Gasteiger partial charge in [0.2, 0.25) is 0 Å². The molecule has 1 aliphatic carbocycles. The molecule has 2 aromatic carbocycles. The van der Waals surface area contributed by atoms with Crippen LogP contribution in [0.15, 0.2) is 66.9 Å². The normalized spacial score (nSPS) is 14.0. The van der Waals surface area contributed by atoms with Crippen molar-refractivity contribution < 1.29 is 28.6 Å². The van der Waals surface area contributed by atoms with Gasteiger partial charge in [0.05, 0.1) is 10.8 Å². The summed E-state index contributed by atoms with van der Waals surface area (Å²) in [5.74, 6) is -0.721. The summed E-state index contributed by atoms with van der Waals surface area (Å²) >= 11 is 0. The van der Waals surface area contributed by atoms with E-state index in [-0.39, 0.29) is 35.9 Å². The number of aromatic amines is 1. The van der Waals surface area contributed by atoms with Gasteiger partial charge >= 0.3 is 5.97 Å². The van der Waals surface area contributed by atoms with Crippen LogP contribution in [0.2, 0.25) is 0 Å². The summed E-state index contributed by atoms with van der Waals surface area (Å²) in [5, 5.41) is 9.73. The highest BCUT2D eigenvalue weighted by atomic mass is 19.1. The molecular formula is C27H21FN2O5. The number of carbonyl (C=O) groups is 3. The lowest BCUT2D eigenvalue weighted by Crippen LogP contribution is -2.28. The number of halogens is 1. The molecule has 0 aliphatic heterocycles. The Balaban J connectivity index is 1.25. The van der Waals surface area contributed by atoms with Crippen molar-refractivity contribution in [3.05, 3.63) is 89.5 Å². The summed E-state index contributed by atoms with van der Waals surface area (Å²) < 4.78 is 19.0. The highest BCUT2D eigenvalue weighted by molar-refractivity contribution is 6.11. The van der Waals surface area contributed by atoms with Gasteiger partial charge in [-0.1, -0.05) is 24.3 Å². The van der Waals surface area contributed by atoms with Gasteiger partial charge in [-0.15, -0.1) is 0 Å². The molecule has 4 aromatic rings. The molecule has 35 heavy (non-hydrogen) atoms. The van der Waals surface area contributed by atoms with Gasteiger partial charge < -0.3 is 14.8 Å². The van der Waals surface area contributed by atoms with Crippen molar-refractivity contribution in [1.82, 2.24) is 9.97 Å². The van der Waals surface area contributed by atoms with Crippen molar-refractivity contribution >= 4 is 28.6 Å². The van der Waals surface area contributed by atoms with Crippen molar-refractivity contribution in [2.24, 2.45) is 5.41 Å². The fourth-order valence-electron chi connectivity index (χ4n) is 4.16. The molecular weight excluding hydrogens is 451 g/mol. The van der Waals surface area contributed by atoms with Gasteiger partial charge in [-0.05, 0) is 60.4 Å². The highest BCUT2D eigenvalue weighted by Crippen LogP contribution is 2.48. The maximum absolute atomic E-state index is 13.1. The molecule has 1 fully saturated rings. The Morgan fingerprint density at radius 2 is 1.54 bits per heavy atom. The summed E-state index contributed by atoms with van der Waals surface area (Å²) in [7, 11) is 0. The molecule has 2 heterocycles. The Kier molecular flexibility index (Phi) is 5.64. The molecule has 0 radical (unpaired) electrons. The summed E-state index contributed by atoms with van der Waals surface area (Å²) in [4.78, 5) is 43.9. The van der Waals surface area contributed by atoms with Crippen molar-refractivity contribution in [2.45, 2.75) is 25.7 Å². The first kappa shape index (κ1) is 22.5. The number of H-pyrrole nitrogens is 1. The molecule has 0 amide bonds. The van der Waals surface area contributed by atoms with Crippen LogP contribution in [0.3, 0.4) is 0 Å². The molecule has 2 N–H and O–H groups in total. The third kappa shape index (κ3) is 4.55. The maximum atomic E-state index is 13.1.